The number of nitrogens with one attached hydrogen (secondary N) is 1. The van der Waals surface area contributed by atoms with Gasteiger partial charge in [-0.1, -0.05) is 0 Å². The van der Waals surface area contributed by atoms with Crippen LogP contribution >= 0.6 is 11.3 Å². The number of thiophene rings is 1. The molecule has 4 nitrogen and oxygen atoms in total. The number of hydrogen-bond acceptors (Lipinski definition) is 4. The van der Waals surface area contributed by atoms with Crippen LogP contribution in [0.2, 0.25) is 0 Å². The van der Waals surface area contributed by atoms with Gasteiger partial charge in [-0.3, -0.25) is 0 Å². The molecule has 0 aliphatic carbocycles. The summed E-state index contributed by atoms with van der Waals surface area (Å²) >= 11 is 1.71. The smallest absolute Gasteiger partial charge is 0.180 e. The van der Waals surface area contributed by atoms with Gasteiger partial charge in [0.05, 0.1) is 10.4 Å². The topological polar surface area (TPSA) is 67.6 Å². The quantitative estimate of drug-likeness (QED) is 0.675. The number of nitrogens with zero attached hydrogens (tertiary/aromatic N) is 2. The highest BCUT2D eigenvalue weighted by Crippen LogP contribution is 2.26. The van der Waals surface area contributed by atoms with Gasteiger partial charge in [0.2, 0.25) is 0 Å². The Kier molecular flexibility index (Phi) is 1.94. The second kappa shape index (κ2) is 3.31. The van der Waals surface area contributed by atoms with Crippen molar-refractivity contribution in [3.63, 3.8) is 0 Å². The van der Waals surface area contributed by atoms with Gasteiger partial charge in [0.25, 0.3) is 0 Å². The van der Waals surface area contributed by atoms with E-state index in [0.717, 1.165) is 16.2 Å². The van der Waals surface area contributed by atoms with Crippen LogP contribution in [-0.2, 0) is 0 Å². The van der Waals surface area contributed by atoms with Crippen molar-refractivity contribution in [3.05, 3.63) is 29.1 Å². The lowest BCUT2D eigenvalue weighted by molar-refractivity contribution is 1.32. The first-order valence-corrected chi connectivity index (χ1v) is 5.73. The molecule has 0 fully saturated rings. The zero-order chi connectivity index (χ0) is 11.1. The maximum Gasteiger partial charge on any atom is 0.180 e. The van der Waals surface area contributed by atoms with E-state index < -0.39 is 0 Å². The Hall–Kier alpha value is -1.88. The van der Waals surface area contributed by atoms with Crippen LogP contribution in [0.3, 0.4) is 0 Å². The summed E-state index contributed by atoms with van der Waals surface area (Å²) in [6.07, 6.45) is 0. The van der Waals surface area contributed by atoms with E-state index in [1.807, 2.05) is 6.07 Å². The predicted molar refractivity (Wildman–Crippen MR) is 66.4 cm³/mol. The van der Waals surface area contributed by atoms with Gasteiger partial charge in [-0.05, 0) is 31.2 Å². The Labute approximate surface area is 96.2 Å². The summed E-state index contributed by atoms with van der Waals surface area (Å²) in [5.74, 6) is 1.35. The van der Waals surface area contributed by atoms with Crippen LogP contribution in [0.15, 0.2) is 24.3 Å². The highest BCUT2D eigenvalue weighted by molar-refractivity contribution is 7.15. The monoisotopic (exact) mass is 230 g/mol. The van der Waals surface area contributed by atoms with Crippen molar-refractivity contribution in [2.45, 2.75) is 6.92 Å². The number of nitrogen functional groups attached to an aromatic ring is 1. The van der Waals surface area contributed by atoms with E-state index in [9.17, 15) is 0 Å². The fourth-order valence-corrected chi connectivity index (χ4v) is 2.40. The van der Waals surface area contributed by atoms with Crippen LogP contribution in [0.5, 0.6) is 0 Å². The zero-order valence-electron chi connectivity index (χ0n) is 8.69. The second-order valence-electron chi connectivity index (χ2n) is 3.60. The van der Waals surface area contributed by atoms with E-state index in [4.69, 9.17) is 5.73 Å². The number of aryl methyl sites for hydroxylation is 1. The molecule has 0 radical (unpaired) electrons. The minimum atomic E-state index is 0.493. The number of aromatic nitrogens is 3. The van der Waals surface area contributed by atoms with Gasteiger partial charge >= 0.3 is 0 Å². The molecule has 3 aromatic rings. The number of H-pyrrole nitrogens is 1. The van der Waals surface area contributed by atoms with Crippen LogP contribution < -0.4 is 5.73 Å². The van der Waals surface area contributed by atoms with Gasteiger partial charge in [0.15, 0.2) is 11.5 Å². The summed E-state index contributed by atoms with van der Waals surface area (Å²) in [6.45, 7) is 2.08. The second-order valence-corrected chi connectivity index (χ2v) is 4.89. The normalized spacial score (nSPS) is 11.1. The predicted octanol–water partition coefficient (Wildman–Crippen LogP) is 2.58. The molecule has 0 bridgehead atoms. The number of aromatic amines is 1. The molecule has 3 rings (SSSR count). The molecule has 0 saturated carbocycles. The summed E-state index contributed by atoms with van der Waals surface area (Å²) in [6, 6.07) is 7.80. The largest absolute Gasteiger partial charge is 0.384 e. The fourth-order valence-electron chi connectivity index (χ4n) is 1.59. The van der Waals surface area contributed by atoms with Gasteiger partial charge < -0.3 is 10.7 Å². The molecule has 80 valence electrons. The van der Waals surface area contributed by atoms with E-state index in [1.165, 1.54) is 4.88 Å². The number of pyridine rings is 1. The summed E-state index contributed by atoms with van der Waals surface area (Å²) in [5.41, 5.74) is 7.19. The minimum Gasteiger partial charge on any atom is -0.384 e. The zero-order valence-corrected chi connectivity index (χ0v) is 9.51. The molecule has 0 aliphatic rings. The molecular weight excluding hydrogens is 220 g/mol. The third-order valence-corrected chi connectivity index (χ3v) is 3.35. The Morgan fingerprint density at radius 3 is 2.81 bits per heavy atom. The first kappa shape index (κ1) is 9.35. The molecule has 3 heterocycles. The molecule has 0 amide bonds. The van der Waals surface area contributed by atoms with Crippen LogP contribution in [0, 0.1) is 6.92 Å². The van der Waals surface area contributed by atoms with E-state index in [1.54, 1.807) is 17.4 Å². The lowest BCUT2D eigenvalue weighted by atomic mass is 10.4. The Bertz CT molecular complexity index is 653. The van der Waals surface area contributed by atoms with Crippen LogP contribution in [0.1, 0.15) is 4.88 Å². The fraction of sp³-hybridized carbons (Fsp3) is 0.0909. The lowest BCUT2D eigenvalue weighted by Gasteiger charge is -1.88. The van der Waals surface area contributed by atoms with E-state index in [0.29, 0.717) is 11.5 Å². The standard InChI is InChI=1S/C11H10N4S/c1-6-2-4-8(16-6)11-13-7-3-5-9(12)14-10(7)15-11/h2-5H,1H3,(H3,12,13,14,15). The van der Waals surface area contributed by atoms with Crippen molar-refractivity contribution in [1.82, 2.24) is 15.0 Å². The van der Waals surface area contributed by atoms with Gasteiger partial charge in [0, 0.05) is 4.88 Å². The minimum absolute atomic E-state index is 0.493. The number of hydrogen-bond donors (Lipinski definition) is 2. The molecule has 0 spiro atoms. The van der Waals surface area contributed by atoms with Gasteiger partial charge in [-0.2, -0.15) is 0 Å². The number of fused-ring (bicyclic) bond motifs is 1. The average molecular weight is 230 g/mol. The number of rotatable bonds is 1. The molecule has 5 heteroatoms. The summed E-state index contributed by atoms with van der Waals surface area (Å²) in [7, 11) is 0. The molecule has 16 heavy (non-hydrogen) atoms. The van der Waals surface area contributed by atoms with Crippen molar-refractivity contribution < 1.29 is 0 Å². The Morgan fingerprint density at radius 1 is 1.19 bits per heavy atom. The third-order valence-electron chi connectivity index (χ3n) is 2.34. The molecule has 3 N–H and O–H groups in total. The lowest BCUT2D eigenvalue weighted by Crippen LogP contribution is -1.88. The Morgan fingerprint density at radius 2 is 2.06 bits per heavy atom. The van der Waals surface area contributed by atoms with Crippen LogP contribution in [-0.4, -0.2) is 15.0 Å². The van der Waals surface area contributed by atoms with Crippen molar-refractivity contribution in [2.75, 3.05) is 5.73 Å². The molecule has 0 aliphatic heterocycles. The maximum atomic E-state index is 5.61. The molecule has 0 saturated heterocycles. The SMILES string of the molecule is Cc1ccc(-c2nc3nc(N)ccc3[nH]2)s1. The van der Waals surface area contributed by atoms with E-state index >= 15 is 0 Å². The van der Waals surface area contributed by atoms with E-state index in [2.05, 4.69) is 34.0 Å². The van der Waals surface area contributed by atoms with Gasteiger partial charge in [0.1, 0.15) is 5.82 Å². The highest BCUT2D eigenvalue weighted by Gasteiger charge is 2.07. The molecule has 3 aromatic heterocycles. The first-order valence-electron chi connectivity index (χ1n) is 4.91. The number of imidazole rings is 1. The van der Waals surface area contributed by atoms with Crippen molar-refractivity contribution >= 4 is 28.3 Å². The average Bonchev–Trinajstić information content (AvgIpc) is 2.83. The van der Waals surface area contributed by atoms with E-state index in [-0.39, 0.29) is 0 Å². The van der Waals surface area contributed by atoms with Crippen LogP contribution in [0.25, 0.3) is 21.9 Å². The number of anilines is 1. The van der Waals surface area contributed by atoms with Crippen LogP contribution in [0.4, 0.5) is 5.82 Å². The molecule has 0 atom stereocenters. The van der Waals surface area contributed by atoms with Crippen molar-refractivity contribution in [1.29, 1.82) is 0 Å². The first-order chi connectivity index (χ1) is 7.72. The molecule has 0 unspecified atom stereocenters. The number of nitrogens with two attached hydrogens (primary N) is 1. The summed E-state index contributed by atoms with van der Waals surface area (Å²) in [4.78, 5) is 14.2. The van der Waals surface area contributed by atoms with Crippen molar-refractivity contribution in [2.24, 2.45) is 0 Å². The molecule has 0 aromatic carbocycles. The summed E-state index contributed by atoms with van der Waals surface area (Å²) < 4.78 is 0. The summed E-state index contributed by atoms with van der Waals surface area (Å²) in [5, 5.41) is 0. The molecular formula is C11H10N4S. The highest BCUT2D eigenvalue weighted by atomic mass is 32.1. The van der Waals surface area contributed by atoms with Gasteiger partial charge in [-0.25, -0.2) is 9.97 Å². The third kappa shape index (κ3) is 1.45. The maximum absolute atomic E-state index is 5.61. The van der Waals surface area contributed by atoms with Gasteiger partial charge in [-0.15, -0.1) is 11.3 Å². The van der Waals surface area contributed by atoms with Crippen molar-refractivity contribution in [3.8, 4) is 10.7 Å². The Balaban J connectivity index is 2.18.